The lowest BCUT2D eigenvalue weighted by atomic mass is 10.0. The van der Waals surface area contributed by atoms with Gasteiger partial charge in [-0.1, -0.05) is 11.6 Å². The minimum absolute atomic E-state index is 0.0209. The summed E-state index contributed by atoms with van der Waals surface area (Å²) >= 11 is 6.38. The van der Waals surface area contributed by atoms with E-state index in [9.17, 15) is 8.42 Å². The molecule has 2 N–H and O–H groups in total. The maximum absolute atomic E-state index is 16.1. The number of pyridine rings is 1. The molecule has 0 aliphatic carbocycles. The van der Waals surface area contributed by atoms with Gasteiger partial charge in [0.25, 0.3) is 0 Å². The summed E-state index contributed by atoms with van der Waals surface area (Å²) in [4.78, 5) is 6.15. The van der Waals surface area contributed by atoms with E-state index >= 15 is 8.78 Å². The molecule has 41 heavy (non-hydrogen) atoms. The van der Waals surface area contributed by atoms with Crippen LogP contribution in [0.15, 0.2) is 61.1 Å². The van der Waals surface area contributed by atoms with Gasteiger partial charge in [0, 0.05) is 85.3 Å². The Morgan fingerprint density at radius 3 is 2.37 bits per heavy atom. The molecule has 2 aliphatic heterocycles. The van der Waals surface area contributed by atoms with Gasteiger partial charge in [0.2, 0.25) is 0 Å². The molecule has 214 valence electrons. The molecule has 0 unspecified atom stereocenters. The van der Waals surface area contributed by atoms with Crippen molar-refractivity contribution < 1.29 is 17.2 Å². The first-order valence-electron chi connectivity index (χ1n) is 13.3. The van der Waals surface area contributed by atoms with E-state index in [-0.39, 0.29) is 22.0 Å². The Morgan fingerprint density at radius 2 is 1.66 bits per heavy atom. The van der Waals surface area contributed by atoms with Crippen LogP contribution in [0.1, 0.15) is 12.8 Å². The predicted octanol–water partition coefficient (Wildman–Crippen LogP) is 4.70. The van der Waals surface area contributed by atoms with Gasteiger partial charge in [-0.2, -0.15) is 17.8 Å². The number of halogens is 3. The Kier molecular flexibility index (Phi) is 7.64. The fourth-order valence-corrected chi connectivity index (χ4v) is 6.72. The zero-order valence-electron chi connectivity index (χ0n) is 22.0. The van der Waals surface area contributed by atoms with Gasteiger partial charge < -0.3 is 10.2 Å². The summed E-state index contributed by atoms with van der Waals surface area (Å²) < 4.78 is 62.3. The molecule has 6 rings (SSSR count). The van der Waals surface area contributed by atoms with Crippen LogP contribution in [0.4, 0.5) is 20.2 Å². The topological polar surface area (TPSA) is 95.4 Å². The van der Waals surface area contributed by atoms with Crippen LogP contribution in [-0.4, -0.2) is 66.8 Å². The van der Waals surface area contributed by atoms with Crippen LogP contribution in [-0.2, 0) is 10.2 Å². The van der Waals surface area contributed by atoms with Gasteiger partial charge in [-0.25, -0.2) is 13.5 Å². The fourth-order valence-electron chi connectivity index (χ4n) is 5.21. The van der Waals surface area contributed by atoms with Gasteiger partial charge in [0.15, 0.2) is 11.6 Å². The predicted molar refractivity (Wildman–Crippen MR) is 156 cm³/mol. The molecule has 0 amide bonds. The molecular weight excluding hydrogens is 572 g/mol. The molecule has 2 aliphatic rings. The average Bonchev–Trinajstić information content (AvgIpc) is 3.67. The summed E-state index contributed by atoms with van der Waals surface area (Å²) in [7, 11) is -3.97. The Morgan fingerprint density at radius 1 is 0.927 bits per heavy atom. The molecule has 13 heteroatoms. The summed E-state index contributed by atoms with van der Waals surface area (Å²) in [5, 5.41) is 8.04. The molecule has 0 radical (unpaired) electrons. The van der Waals surface area contributed by atoms with Crippen LogP contribution in [0.2, 0.25) is 5.02 Å². The number of nitrogens with one attached hydrogen (secondary N) is 2. The molecule has 0 spiro atoms. The first-order chi connectivity index (χ1) is 19.8. The molecule has 4 aromatic rings. The van der Waals surface area contributed by atoms with E-state index in [2.05, 4.69) is 25.0 Å². The van der Waals surface area contributed by atoms with Crippen molar-refractivity contribution in [1.82, 2.24) is 24.4 Å². The van der Waals surface area contributed by atoms with Gasteiger partial charge in [0.05, 0.1) is 5.69 Å². The van der Waals surface area contributed by atoms with Crippen molar-refractivity contribution in [3.05, 3.63) is 77.7 Å². The third-order valence-corrected chi connectivity index (χ3v) is 9.04. The van der Waals surface area contributed by atoms with Crippen LogP contribution in [0.5, 0.6) is 0 Å². The van der Waals surface area contributed by atoms with Crippen LogP contribution < -0.4 is 14.9 Å². The lowest BCUT2D eigenvalue weighted by Gasteiger charge is -2.29. The maximum Gasteiger partial charge on any atom is 0.301 e. The largest absolute Gasteiger partial charge is 0.369 e. The highest BCUT2D eigenvalue weighted by Gasteiger charge is 2.28. The smallest absolute Gasteiger partial charge is 0.301 e. The van der Waals surface area contributed by atoms with E-state index in [1.807, 2.05) is 6.07 Å². The lowest BCUT2D eigenvalue weighted by Crippen LogP contribution is -2.43. The number of nitrogens with zero attached hydrogens (tertiary/aromatic N) is 5. The summed E-state index contributed by atoms with van der Waals surface area (Å²) in [5.74, 6) is -1.30. The van der Waals surface area contributed by atoms with E-state index in [1.54, 1.807) is 30.6 Å². The Balaban J connectivity index is 1.43. The first kappa shape index (κ1) is 27.6. The quantitative estimate of drug-likeness (QED) is 0.320. The first-order valence-corrected chi connectivity index (χ1v) is 15.1. The second-order valence-electron chi connectivity index (χ2n) is 9.97. The van der Waals surface area contributed by atoms with E-state index < -0.39 is 21.8 Å². The summed E-state index contributed by atoms with van der Waals surface area (Å²) in [6.07, 6.45) is 6.15. The van der Waals surface area contributed by atoms with Crippen molar-refractivity contribution >= 4 is 33.2 Å². The van der Waals surface area contributed by atoms with Crippen molar-refractivity contribution in [1.29, 1.82) is 0 Å². The van der Waals surface area contributed by atoms with Crippen molar-refractivity contribution in [2.24, 2.45) is 0 Å². The third-order valence-electron chi connectivity index (χ3n) is 7.30. The van der Waals surface area contributed by atoms with E-state index in [0.29, 0.717) is 29.9 Å². The zero-order valence-corrected chi connectivity index (χ0v) is 23.6. The van der Waals surface area contributed by atoms with Crippen LogP contribution >= 0.6 is 11.6 Å². The van der Waals surface area contributed by atoms with Crippen LogP contribution in [0.25, 0.3) is 28.1 Å². The standard InChI is InChI=1S/C28H28ClF2N7O2S/c29-20-15-22(27(31)25(16-20)35-41(39,40)37-11-1-2-12-37)23-18-38(34-28(23)19-5-7-32-8-6-19)26-4-3-21(17-24(26)30)36-13-9-33-10-14-36/h3-8,15-18,33,35H,1-2,9-14H2. The van der Waals surface area contributed by atoms with Gasteiger partial charge in [-0.05, 0) is 55.3 Å². The fraction of sp³-hybridized carbons (Fsp3) is 0.286. The summed E-state index contributed by atoms with van der Waals surface area (Å²) in [6.45, 7) is 3.92. The maximum atomic E-state index is 16.1. The number of aromatic nitrogens is 3. The SMILES string of the molecule is O=S(=O)(Nc1cc(Cl)cc(-c2cn(-c3ccc(N4CCNCC4)cc3F)nc2-c2ccncc2)c1F)N1CCCC1. The Labute approximate surface area is 241 Å². The van der Waals surface area contributed by atoms with E-state index in [4.69, 9.17) is 11.6 Å². The normalized spacial score (nSPS) is 16.3. The molecule has 2 aromatic carbocycles. The second kappa shape index (κ2) is 11.4. The second-order valence-corrected chi connectivity index (χ2v) is 12.1. The van der Waals surface area contributed by atoms with Crippen LogP contribution in [0.3, 0.4) is 0 Å². The van der Waals surface area contributed by atoms with Gasteiger partial charge in [0.1, 0.15) is 11.4 Å². The van der Waals surface area contributed by atoms with Gasteiger partial charge in [-0.3, -0.25) is 9.71 Å². The molecular formula is C28H28ClF2N7O2S. The van der Waals surface area contributed by atoms with Crippen LogP contribution in [0, 0.1) is 11.6 Å². The lowest BCUT2D eigenvalue weighted by molar-refractivity contribution is 0.482. The van der Waals surface area contributed by atoms with E-state index in [1.165, 1.54) is 33.4 Å². The molecule has 9 nitrogen and oxygen atoms in total. The highest BCUT2D eigenvalue weighted by molar-refractivity contribution is 7.90. The third kappa shape index (κ3) is 5.65. The zero-order chi connectivity index (χ0) is 28.6. The van der Waals surface area contributed by atoms with Gasteiger partial charge >= 0.3 is 10.2 Å². The van der Waals surface area contributed by atoms with Crippen molar-refractivity contribution in [3.8, 4) is 28.1 Å². The number of anilines is 2. The minimum Gasteiger partial charge on any atom is -0.369 e. The minimum atomic E-state index is -3.97. The Hall–Kier alpha value is -3.58. The van der Waals surface area contributed by atoms with Crippen molar-refractivity contribution in [3.63, 3.8) is 0 Å². The highest BCUT2D eigenvalue weighted by Crippen LogP contribution is 2.38. The number of rotatable bonds is 7. The average molecular weight is 600 g/mol. The molecule has 0 saturated carbocycles. The number of hydrogen-bond acceptors (Lipinski definition) is 6. The summed E-state index contributed by atoms with van der Waals surface area (Å²) in [6, 6.07) is 11.0. The van der Waals surface area contributed by atoms with Crippen molar-refractivity contribution in [2.75, 3.05) is 48.9 Å². The summed E-state index contributed by atoms with van der Waals surface area (Å²) in [5.41, 5.74) is 1.97. The molecule has 0 atom stereocenters. The molecule has 2 aromatic heterocycles. The number of hydrogen-bond donors (Lipinski definition) is 2. The highest BCUT2D eigenvalue weighted by atomic mass is 35.5. The van der Waals surface area contributed by atoms with E-state index in [0.717, 1.165) is 44.7 Å². The number of benzene rings is 2. The van der Waals surface area contributed by atoms with Crippen molar-refractivity contribution in [2.45, 2.75) is 12.8 Å². The number of piperazine rings is 1. The molecule has 2 saturated heterocycles. The van der Waals surface area contributed by atoms with Gasteiger partial charge in [-0.15, -0.1) is 0 Å². The molecule has 0 bridgehead atoms. The molecule has 2 fully saturated rings. The molecule has 4 heterocycles. The monoisotopic (exact) mass is 599 g/mol. The Bertz CT molecular complexity index is 1670.